The third-order valence-electron chi connectivity index (χ3n) is 3.72. The van der Waals surface area contributed by atoms with Gasteiger partial charge in [-0.25, -0.2) is 0 Å². The summed E-state index contributed by atoms with van der Waals surface area (Å²) in [6, 6.07) is 0. The minimum Gasteiger partial charge on any atom is -0.461 e. The molecular weight excluding hydrogens is 284 g/mol. The van der Waals surface area contributed by atoms with Crippen molar-refractivity contribution in [2.75, 3.05) is 6.61 Å². The Labute approximate surface area is 143 Å². The van der Waals surface area contributed by atoms with Crippen molar-refractivity contribution < 1.29 is 9.53 Å². The maximum atomic E-state index is 11.3. The smallest absolute Gasteiger partial charge is 0.306 e. The van der Waals surface area contributed by atoms with Gasteiger partial charge in [-0.2, -0.15) is 0 Å². The number of unbranched alkanes of at least 4 members (excludes halogenated alkanes) is 9. The van der Waals surface area contributed by atoms with E-state index in [0.717, 1.165) is 12.8 Å². The lowest BCUT2D eigenvalue weighted by atomic mass is 10.1. The van der Waals surface area contributed by atoms with E-state index in [9.17, 15) is 4.79 Å². The summed E-state index contributed by atoms with van der Waals surface area (Å²) in [5.74, 6) is -0.0968. The van der Waals surface area contributed by atoms with Crippen LogP contribution in [-0.2, 0) is 9.53 Å². The summed E-state index contributed by atoms with van der Waals surface area (Å²) in [6.07, 6.45) is 24.5. The molecule has 0 heterocycles. The molecule has 0 radical (unpaired) electrons. The first kappa shape index (κ1) is 21.7. The van der Waals surface area contributed by atoms with Crippen LogP contribution in [0.2, 0.25) is 0 Å². The average Bonchev–Trinajstić information content (AvgIpc) is 2.56. The highest BCUT2D eigenvalue weighted by molar-refractivity contribution is 5.69. The van der Waals surface area contributed by atoms with Gasteiger partial charge in [0.1, 0.15) is 6.61 Å². The quantitative estimate of drug-likeness (QED) is 0.140. The van der Waals surface area contributed by atoms with Crippen molar-refractivity contribution in [1.82, 2.24) is 0 Å². The van der Waals surface area contributed by atoms with E-state index >= 15 is 0 Å². The zero-order chi connectivity index (χ0) is 17.0. The van der Waals surface area contributed by atoms with Crippen LogP contribution in [0.1, 0.15) is 84.0 Å². The second-order valence-electron chi connectivity index (χ2n) is 5.98. The van der Waals surface area contributed by atoms with Crippen molar-refractivity contribution in [2.45, 2.75) is 84.0 Å². The molecule has 0 unspecified atom stereocenters. The molecule has 0 aromatic rings. The molecule has 0 amide bonds. The molecule has 0 N–H and O–H groups in total. The average molecular weight is 321 g/mol. The summed E-state index contributed by atoms with van der Waals surface area (Å²) in [6.45, 7) is 6.08. The molecule has 0 saturated heterocycles. The van der Waals surface area contributed by atoms with Crippen LogP contribution in [0.25, 0.3) is 0 Å². The minimum atomic E-state index is -0.0968. The summed E-state index contributed by atoms with van der Waals surface area (Å²) in [4.78, 5) is 11.3. The third kappa shape index (κ3) is 18.6. The molecule has 0 aromatic carbocycles. The van der Waals surface area contributed by atoms with Crippen molar-refractivity contribution in [2.24, 2.45) is 0 Å². The zero-order valence-corrected chi connectivity index (χ0v) is 15.1. The fourth-order valence-electron chi connectivity index (χ4n) is 2.31. The van der Waals surface area contributed by atoms with E-state index in [0.29, 0.717) is 13.0 Å². The molecule has 0 aromatic heterocycles. The minimum absolute atomic E-state index is 0.0968. The highest BCUT2D eigenvalue weighted by atomic mass is 16.5. The SMILES string of the molecule is C=CCOC(=O)CCCCCCCCC/C=C/C=C/CCCC. The second kappa shape index (κ2) is 18.7. The van der Waals surface area contributed by atoms with Crippen LogP contribution in [0.4, 0.5) is 0 Å². The van der Waals surface area contributed by atoms with Crippen molar-refractivity contribution in [3.8, 4) is 0 Å². The lowest BCUT2D eigenvalue weighted by molar-refractivity contribution is -0.142. The van der Waals surface area contributed by atoms with Crippen molar-refractivity contribution in [1.29, 1.82) is 0 Å². The Bertz CT molecular complexity index is 329. The monoisotopic (exact) mass is 320 g/mol. The summed E-state index contributed by atoms with van der Waals surface area (Å²) in [5.41, 5.74) is 0. The molecule has 0 aliphatic carbocycles. The Kier molecular flexibility index (Phi) is 17.7. The molecule has 23 heavy (non-hydrogen) atoms. The van der Waals surface area contributed by atoms with Gasteiger partial charge in [-0.1, -0.05) is 88.8 Å². The maximum Gasteiger partial charge on any atom is 0.306 e. The Morgan fingerprint density at radius 3 is 2.04 bits per heavy atom. The number of carbonyl (C=O) groups is 1. The van der Waals surface area contributed by atoms with E-state index in [1.54, 1.807) is 6.08 Å². The Balaban J connectivity index is 3.21. The highest BCUT2D eigenvalue weighted by Gasteiger charge is 2.00. The second-order valence-corrected chi connectivity index (χ2v) is 5.98. The van der Waals surface area contributed by atoms with E-state index in [2.05, 4.69) is 37.8 Å². The largest absolute Gasteiger partial charge is 0.461 e. The van der Waals surface area contributed by atoms with Crippen LogP contribution in [0.3, 0.4) is 0 Å². The van der Waals surface area contributed by atoms with Crippen LogP contribution in [0, 0.1) is 0 Å². The summed E-state index contributed by atoms with van der Waals surface area (Å²) in [5, 5.41) is 0. The molecule has 132 valence electrons. The van der Waals surface area contributed by atoms with Gasteiger partial charge in [0, 0.05) is 6.42 Å². The fraction of sp³-hybridized carbons (Fsp3) is 0.667. The molecule has 0 spiro atoms. The van der Waals surface area contributed by atoms with Crippen LogP contribution >= 0.6 is 0 Å². The van der Waals surface area contributed by atoms with Crippen LogP contribution in [0.5, 0.6) is 0 Å². The predicted octanol–water partition coefficient (Wildman–Crippen LogP) is 6.53. The van der Waals surface area contributed by atoms with Crippen molar-refractivity contribution >= 4 is 5.97 Å². The van der Waals surface area contributed by atoms with E-state index < -0.39 is 0 Å². The molecule has 0 aliphatic heterocycles. The Morgan fingerprint density at radius 1 is 0.870 bits per heavy atom. The predicted molar refractivity (Wildman–Crippen MR) is 101 cm³/mol. The molecular formula is C21H36O2. The van der Waals surface area contributed by atoms with Gasteiger partial charge in [0.05, 0.1) is 0 Å². The van der Waals surface area contributed by atoms with E-state index in [1.807, 2.05) is 0 Å². The number of ether oxygens (including phenoxy) is 1. The van der Waals surface area contributed by atoms with Crippen molar-refractivity contribution in [3.05, 3.63) is 37.0 Å². The van der Waals surface area contributed by atoms with Crippen molar-refractivity contribution in [3.63, 3.8) is 0 Å². The lowest BCUT2D eigenvalue weighted by Gasteiger charge is -2.02. The molecule has 2 heteroatoms. The van der Waals surface area contributed by atoms with Crippen LogP contribution in [-0.4, -0.2) is 12.6 Å². The molecule has 0 aliphatic rings. The fourth-order valence-corrected chi connectivity index (χ4v) is 2.31. The molecule has 0 atom stereocenters. The van der Waals surface area contributed by atoms with Crippen LogP contribution < -0.4 is 0 Å². The van der Waals surface area contributed by atoms with E-state index in [4.69, 9.17) is 4.74 Å². The summed E-state index contributed by atoms with van der Waals surface area (Å²) in [7, 11) is 0. The third-order valence-corrected chi connectivity index (χ3v) is 3.72. The van der Waals surface area contributed by atoms with Gasteiger partial charge in [-0.3, -0.25) is 4.79 Å². The first-order chi connectivity index (χ1) is 11.3. The molecule has 0 saturated carbocycles. The number of rotatable bonds is 16. The number of allylic oxidation sites excluding steroid dienone is 4. The maximum absolute atomic E-state index is 11.3. The number of esters is 1. The molecule has 0 bridgehead atoms. The molecule has 0 rings (SSSR count). The number of hydrogen-bond acceptors (Lipinski definition) is 2. The van der Waals surface area contributed by atoms with E-state index in [1.165, 1.54) is 57.8 Å². The Hall–Kier alpha value is -1.31. The normalized spacial score (nSPS) is 11.3. The zero-order valence-electron chi connectivity index (χ0n) is 15.1. The lowest BCUT2D eigenvalue weighted by Crippen LogP contribution is -2.03. The van der Waals surface area contributed by atoms with Gasteiger partial charge >= 0.3 is 5.97 Å². The summed E-state index contributed by atoms with van der Waals surface area (Å²) >= 11 is 0. The Morgan fingerprint density at radius 2 is 1.43 bits per heavy atom. The van der Waals surface area contributed by atoms with Gasteiger partial charge in [0.2, 0.25) is 0 Å². The van der Waals surface area contributed by atoms with Gasteiger partial charge < -0.3 is 4.74 Å². The van der Waals surface area contributed by atoms with Gasteiger partial charge in [0.25, 0.3) is 0 Å². The van der Waals surface area contributed by atoms with Gasteiger partial charge in [-0.15, -0.1) is 0 Å². The number of hydrogen-bond donors (Lipinski definition) is 0. The van der Waals surface area contributed by atoms with Gasteiger partial charge in [0.15, 0.2) is 0 Å². The van der Waals surface area contributed by atoms with E-state index in [-0.39, 0.29) is 5.97 Å². The molecule has 2 nitrogen and oxygen atoms in total. The molecule has 0 fully saturated rings. The highest BCUT2D eigenvalue weighted by Crippen LogP contribution is 2.10. The number of carbonyl (C=O) groups excluding carboxylic acids is 1. The standard InChI is InChI=1S/C21H36O2/c1-3-5-6-7-8-9-10-11-12-13-14-15-16-17-18-19-21(22)23-20-4-2/h4,7-10H,2-3,5-6,11-20H2,1H3/b8-7+,10-9+. The summed E-state index contributed by atoms with van der Waals surface area (Å²) < 4.78 is 4.94. The van der Waals surface area contributed by atoms with Crippen LogP contribution in [0.15, 0.2) is 37.0 Å². The first-order valence-electron chi connectivity index (χ1n) is 9.39. The van der Waals surface area contributed by atoms with Gasteiger partial charge in [-0.05, 0) is 25.7 Å². The first-order valence-corrected chi connectivity index (χ1v) is 9.39. The topological polar surface area (TPSA) is 26.3 Å².